The van der Waals surface area contributed by atoms with E-state index in [9.17, 15) is 4.79 Å². The van der Waals surface area contributed by atoms with E-state index in [1.54, 1.807) is 0 Å². The van der Waals surface area contributed by atoms with Crippen LogP contribution in [0.4, 0.5) is 0 Å². The molecule has 0 spiro atoms. The van der Waals surface area contributed by atoms with Crippen LogP contribution in [-0.4, -0.2) is 54.5 Å². The largest absolute Gasteiger partial charge is 0.339 e. The highest BCUT2D eigenvalue weighted by Crippen LogP contribution is 2.07. The van der Waals surface area contributed by atoms with E-state index < -0.39 is 0 Å². The first-order chi connectivity index (χ1) is 7.06. The number of likely N-dealkylation sites (N-methyl/N-ethyl adjacent to an activating group) is 1. The lowest BCUT2D eigenvalue weighted by Gasteiger charge is -2.35. The molecule has 104 valence electrons. The maximum absolute atomic E-state index is 11.9. The van der Waals surface area contributed by atoms with E-state index in [-0.39, 0.29) is 42.7 Å². The Hall–Kier alpha value is -0.0300. The van der Waals surface area contributed by atoms with Crippen LogP contribution >= 0.6 is 24.8 Å². The number of nitrogens with two attached hydrogens (primary N) is 1. The summed E-state index contributed by atoms with van der Waals surface area (Å²) in [5, 5.41) is 0. The van der Waals surface area contributed by atoms with Crippen LogP contribution in [0.1, 0.15) is 20.8 Å². The van der Waals surface area contributed by atoms with Gasteiger partial charge in [-0.3, -0.25) is 4.79 Å². The maximum atomic E-state index is 11.9. The summed E-state index contributed by atoms with van der Waals surface area (Å²) in [4.78, 5) is 16.2. The fourth-order valence-corrected chi connectivity index (χ4v) is 1.78. The second-order valence-electron chi connectivity index (χ2n) is 4.53. The van der Waals surface area contributed by atoms with Gasteiger partial charge in [-0.1, -0.05) is 20.8 Å². The predicted molar refractivity (Wildman–Crippen MR) is 76.0 cm³/mol. The highest BCUT2D eigenvalue weighted by atomic mass is 35.5. The van der Waals surface area contributed by atoms with Crippen LogP contribution in [0.3, 0.4) is 0 Å². The van der Waals surface area contributed by atoms with Crippen molar-refractivity contribution in [3.8, 4) is 0 Å². The van der Waals surface area contributed by atoms with Crippen molar-refractivity contribution in [3.63, 3.8) is 0 Å². The van der Waals surface area contributed by atoms with E-state index in [1.807, 2.05) is 18.7 Å². The van der Waals surface area contributed by atoms with E-state index in [0.29, 0.717) is 0 Å². The van der Waals surface area contributed by atoms with E-state index in [0.717, 1.165) is 32.7 Å². The Kier molecular flexibility index (Phi) is 10.2. The Bertz CT molecular complexity index is 219. The molecule has 6 heteroatoms. The molecular weight excluding hydrogens is 261 g/mol. The molecule has 1 fully saturated rings. The molecule has 1 amide bonds. The lowest BCUT2D eigenvalue weighted by molar-refractivity contribution is -0.135. The lowest BCUT2D eigenvalue weighted by atomic mass is 10.0. The predicted octanol–water partition coefficient (Wildman–Crippen LogP) is 0.977. The van der Waals surface area contributed by atoms with Gasteiger partial charge in [-0.15, -0.1) is 24.8 Å². The van der Waals surface area contributed by atoms with E-state index >= 15 is 0 Å². The normalized spacial score (nSPS) is 18.3. The molecule has 1 saturated heterocycles. The number of hydrogen-bond donors (Lipinski definition) is 1. The van der Waals surface area contributed by atoms with Crippen LogP contribution in [-0.2, 0) is 4.79 Å². The molecular formula is C11H25Cl2N3O. The molecule has 0 aromatic carbocycles. The van der Waals surface area contributed by atoms with Gasteiger partial charge in [0.1, 0.15) is 0 Å². The summed E-state index contributed by atoms with van der Waals surface area (Å²) in [5.41, 5.74) is 5.85. The molecule has 1 aliphatic rings. The average Bonchev–Trinajstić information content (AvgIpc) is 2.27. The molecule has 1 heterocycles. The number of rotatable bonds is 3. The van der Waals surface area contributed by atoms with Crippen molar-refractivity contribution in [1.82, 2.24) is 9.80 Å². The fourth-order valence-electron chi connectivity index (χ4n) is 1.78. The molecule has 0 bridgehead atoms. The van der Waals surface area contributed by atoms with Crippen LogP contribution in [0.15, 0.2) is 0 Å². The number of nitrogens with zero attached hydrogens (tertiary/aromatic N) is 2. The molecule has 0 aromatic rings. The SMILES string of the molecule is CCN1CCN(C(=O)[C@@H](N)C(C)C)CC1.Cl.Cl. The third-order valence-corrected chi connectivity index (χ3v) is 3.13. The lowest BCUT2D eigenvalue weighted by Crippen LogP contribution is -2.54. The van der Waals surface area contributed by atoms with Crippen molar-refractivity contribution in [2.75, 3.05) is 32.7 Å². The Labute approximate surface area is 117 Å². The van der Waals surface area contributed by atoms with Gasteiger partial charge < -0.3 is 15.5 Å². The number of amides is 1. The maximum Gasteiger partial charge on any atom is 0.239 e. The van der Waals surface area contributed by atoms with Crippen molar-refractivity contribution in [2.45, 2.75) is 26.8 Å². The van der Waals surface area contributed by atoms with Crippen molar-refractivity contribution in [1.29, 1.82) is 0 Å². The molecule has 1 rings (SSSR count). The minimum Gasteiger partial charge on any atom is -0.339 e. The first kappa shape index (κ1) is 19.3. The van der Waals surface area contributed by atoms with E-state index in [1.165, 1.54) is 0 Å². The Morgan fingerprint density at radius 2 is 1.65 bits per heavy atom. The summed E-state index contributed by atoms with van der Waals surface area (Å²) in [5.74, 6) is 0.336. The zero-order valence-electron chi connectivity index (χ0n) is 10.9. The summed E-state index contributed by atoms with van der Waals surface area (Å²) in [6, 6.07) is -0.335. The third kappa shape index (κ3) is 5.42. The molecule has 0 saturated carbocycles. The highest BCUT2D eigenvalue weighted by molar-refractivity contribution is 5.85. The van der Waals surface area contributed by atoms with Gasteiger partial charge in [0, 0.05) is 26.2 Å². The van der Waals surface area contributed by atoms with Crippen LogP contribution < -0.4 is 5.73 Å². The second-order valence-corrected chi connectivity index (χ2v) is 4.53. The van der Waals surface area contributed by atoms with Gasteiger partial charge in [0.15, 0.2) is 0 Å². The summed E-state index contributed by atoms with van der Waals surface area (Å²) in [6.45, 7) is 10.8. The van der Waals surface area contributed by atoms with Gasteiger partial charge in [0.25, 0.3) is 0 Å². The van der Waals surface area contributed by atoms with Crippen molar-refractivity contribution in [2.24, 2.45) is 11.7 Å². The monoisotopic (exact) mass is 285 g/mol. The Balaban J connectivity index is 0. The van der Waals surface area contributed by atoms with Crippen LogP contribution in [0.25, 0.3) is 0 Å². The summed E-state index contributed by atoms with van der Waals surface area (Å²) >= 11 is 0. The molecule has 0 unspecified atom stereocenters. The van der Waals surface area contributed by atoms with Gasteiger partial charge in [0.2, 0.25) is 5.91 Å². The van der Waals surface area contributed by atoms with Crippen molar-refractivity contribution >= 4 is 30.7 Å². The van der Waals surface area contributed by atoms with Gasteiger partial charge in [-0.05, 0) is 12.5 Å². The standard InChI is InChI=1S/C11H23N3O.2ClH/c1-4-13-5-7-14(8-6-13)11(15)10(12)9(2)3;;/h9-10H,4-8,12H2,1-3H3;2*1H/t10-;;/m0../s1. The number of carbonyl (C=O) groups is 1. The molecule has 0 radical (unpaired) electrons. The average molecular weight is 286 g/mol. The minimum absolute atomic E-state index is 0. The number of carbonyl (C=O) groups excluding carboxylic acids is 1. The van der Waals surface area contributed by atoms with E-state index in [4.69, 9.17) is 5.73 Å². The first-order valence-electron chi connectivity index (χ1n) is 5.83. The van der Waals surface area contributed by atoms with Crippen LogP contribution in [0.2, 0.25) is 0 Å². The Morgan fingerprint density at radius 3 is 2.00 bits per heavy atom. The number of hydrogen-bond acceptors (Lipinski definition) is 3. The van der Waals surface area contributed by atoms with Gasteiger partial charge >= 0.3 is 0 Å². The number of piperazine rings is 1. The quantitative estimate of drug-likeness (QED) is 0.841. The molecule has 2 N–H and O–H groups in total. The summed E-state index contributed by atoms with van der Waals surface area (Å²) in [6.07, 6.45) is 0. The molecule has 0 aliphatic carbocycles. The smallest absolute Gasteiger partial charge is 0.239 e. The summed E-state index contributed by atoms with van der Waals surface area (Å²) < 4.78 is 0. The Morgan fingerprint density at radius 1 is 1.18 bits per heavy atom. The van der Waals surface area contributed by atoms with Crippen LogP contribution in [0.5, 0.6) is 0 Å². The zero-order valence-corrected chi connectivity index (χ0v) is 12.5. The fraction of sp³-hybridized carbons (Fsp3) is 0.909. The van der Waals surface area contributed by atoms with Gasteiger partial charge in [-0.2, -0.15) is 0 Å². The third-order valence-electron chi connectivity index (χ3n) is 3.13. The van der Waals surface area contributed by atoms with E-state index in [2.05, 4.69) is 11.8 Å². The highest BCUT2D eigenvalue weighted by Gasteiger charge is 2.26. The molecule has 0 aromatic heterocycles. The summed E-state index contributed by atoms with van der Waals surface area (Å²) in [7, 11) is 0. The molecule has 1 atom stereocenters. The minimum atomic E-state index is -0.335. The molecule has 4 nitrogen and oxygen atoms in total. The van der Waals surface area contributed by atoms with Crippen molar-refractivity contribution in [3.05, 3.63) is 0 Å². The topological polar surface area (TPSA) is 49.6 Å². The second kappa shape index (κ2) is 8.97. The molecule has 17 heavy (non-hydrogen) atoms. The van der Waals surface area contributed by atoms with Gasteiger partial charge in [0.05, 0.1) is 6.04 Å². The molecule has 1 aliphatic heterocycles. The zero-order chi connectivity index (χ0) is 11.4. The van der Waals surface area contributed by atoms with Crippen LogP contribution in [0, 0.1) is 5.92 Å². The number of halogens is 2. The van der Waals surface area contributed by atoms with Crippen molar-refractivity contribution < 1.29 is 4.79 Å². The first-order valence-corrected chi connectivity index (χ1v) is 5.83. The van der Waals surface area contributed by atoms with Gasteiger partial charge in [-0.25, -0.2) is 0 Å².